The van der Waals surface area contributed by atoms with Gasteiger partial charge < -0.3 is 14.7 Å². The molecule has 3 aromatic carbocycles. The zero-order chi connectivity index (χ0) is 27.4. The van der Waals surface area contributed by atoms with Gasteiger partial charge in [0.2, 0.25) is 10.0 Å². The molecule has 0 spiro atoms. The minimum Gasteiger partial charge on any atom is -0.394 e. The van der Waals surface area contributed by atoms with Gasteiger partial charge in [-0.2, -0.15) is 4.31 Å². The number of aryl methyl sites for hydroxylation is 1. The molecule has 1 amide bonds. The second-order valence-electron chi connectivity index (χ2n) is 10.1. The van der Waals surface area contributed by atoms with Crippen molar-refractivity contribution in [3.63, 3.8) is 0 Å². The number of aliphatic hydroxyl groups excluding tert-OH is 1. The highest BCUT2D eigenvalue weighted by Crippen LogP contribution is 2.31. The smallest absolute Gasteiger partial charge is 0.254 e. The van der Waals surface area contributed by atoms with E-state index in [9.17, 15) is 18.3 Å². The Balaban J connectivity index is 1.73. The average molecular weight is 537 g/mol. The molecular weight excluding hydrogens is 500 g/mol. The Labute approximate surface area is 225 Å². The van der Waals surface area contributed by atoms with Crippen molar-refractivity contribution in [2.45, 2.75) is 44.4 Å². The number of sulfonamides is 1. The van der Waals surface area contributed by atoms with Crippen molar-refractivity contribution in [1.82, 2.24) is 9.21 Å². The number of aliphatic hydroxyl groups is 1. The van der Waals surface area contributed by atoms with Crippen LogP contribution in [0.2, 0.25) is 0 Å². The van der Waals surface area contributed by atoms with Crippen LogP contribution in [0, 0.1) is 12.8 Å². The number of rotatable bonds is 6. The average Bonchev–Trinajstić information content (AvgIpc) is 2.94. The number of fused-ring (bicyclic) bond motifs is 3. The highest BCUT2D eigenvalue weighted by atomic mass is 32.2. The second kappa shape index (κ2) is 11.8. The highest BCUT2D eigenvalue weighted by molar-refractivity contribution is 7.89. The summed E-state index contributed by atoms with van der Waals surface area (Å²) in [5.41, 5.74) is 4.15. The third-order valence-electron chi connectivity index (χ3n) is 7.26. The van der Waals surface area contributed by atoms with Crippen LogP contribution in [0.3, 0.4) is 0 Å². The molecule has 0 aromatic heterocycles. The number of benzene rings is 3. The summed E-state index contributed by atoms with van der Waals surface area (Å²) in [7, 11) is -2.18. The van der Waals surface area contributed by atoms with Gasteiger partial charge in [0.05, 0.1) is 30.3 Å². The fraction of sp³-hybridized carbons (Fsp3) is 0.367. The molecule has 1 aliphatic heterocycles. The summed E-state index contributed by atoms with van der Waals surface area (Å²) < 4.78 is 34.5. The number of carbonyl (C=O) groups is 1. The van der Waals surface area contributed by atoms with Gasteiger partial charge >= 0.3 is 0 Å². The van der Waals surface area contributed by atoms with E-state index in [1.165, 1.54) is 4.31 Å². The van der Waals surface area contributed by atoms with Crippen molar-refractivity contribution >= 4 is 15.9 Å². The topological polar surface area (TPSA) is 87.2 Å². The highest BCUT2D eigenvalue weighted by Gasteiger charge is 2.32. The molecule has 8 heteroatoms. The summed E-state index contributed by atoms with van der Waals surface area (Å²) in [5.74, 6) is -0.397. The molecule has 0 radical (unpaired) electrons. The van der Waals surface area contributed by atoms with Crippen LogP contribution in [-0.2, 0) is 21.4 Å². The lowest BCUT2D eigenvalue weighted by Gasteiger charge is -2.35. The number of nitrogens with zero attached hydrogens (tertiary/aromatic N) is 2. The van der Waals surface area contributed by atoms with Gasteiger partial charge in [0.15, 0.2) is 0 Å². The van der Waals surface area contributed by atoms with Gasteiger partial charge in [-0.15, -0.1) is 0 Å². The van der Waals surface area contributed by atoms with E-state index in [-0.39, 0.29) is 36.5 Å². The second-order valence-corrected chi connectivity index (χ2v) is 12.2. The number of ether oxygens (including phenoxy) is 1. The first-order chi connectivity index (χ1) is 18.1. The molecule has 0 saturated heterocycles. The third kappa shape index (κ3) is 5.83. The van der Waals surface area contributed by atoms with Crippen LogP contribution in [0.5, 0.6) is 0 Å². The largest absolute Gasteiger partial charge is 0.394 e. The Bertz CT molecular complexity index is 1370. The van der Waals surface area contributed by atoms with Crippen molar-refractivity contribution in [1.29, 1.82) is 0 Å². The molecule has 1 N–H and O–H groups in total. The molecule has 0 fully saturated rings. The van der Waals surface area contributed by atoms with Crippen LogP contribution in [0.15, 0.2) is 77.7 Å². The summed E-state index contributed by atoms with van der Waals surface area (Å²) in [5, 5.41) is 9.99. The monoisotopic (exact) mass is 536 g/mol. The number of likely N-dealkylation sites (N-methyl/N-ethyl adjacent to an activating group) is 1. The normalized spacial score (nSPS) is 19.4. The number of hydrogen-bond donors (Lipinski definition) is 1. The van der Waals surface area contributed by atoms with E-state index in [0.717, 1.165) is 22.3 Å². The first-order valence-electron chi connectivity index (χ1n) is 12.9. The van der Waals surface area contributed by atoms with E-state index >= 15 is 0 Å². The predicted molar refractivity (Wildman–Crippen MR) is 148 cm³/mol. The molecule has 1 aliphatic rings. The van der Waals surface area contributed by atoms with Gasteiger partial charge in [-0.1, -0.05) is 67.1 Å². The fourth-order valence-electron chi connectivity index (χ4n) is 4.79. The molecule has 38 heavy (non-hydrogen) atoms. The molecule has 3 atom stereocenters. The van der Waals surface area contributed by atoms with E-state index in [4.69, 9.17) is 4.74 Å². The quantitative estimate of drug-likeness (QED) is 0.507. The van der Waals surface area contributed by atoms with Gasteiger partial charge in [0, 0.05) is 31.6 Å². The van der Waals surface area contributed by atoms with Crippen LogP contribution in [0.1, 0.15) is 35.3 Å². The van der Waals surface area contributed by atoms with Crippen LogP contribution in [-0.4, -0.2) is 67.5 Å². The summed E-state index contributed by atoms with van der Waals surface area (Å²) in [6, 6.07) is 21.6. The van der Waals surface area contributed by atoms with Gasteiger partial charge in [-0.05, 0) is 48.7 Å². The molecular formula is C30H36N2O5S. The lowest BCUT2D eigenvalue weighted by atomic mass is 9.94. The van der Waals surface area contributed by atoms with E-state index in [2.05, 4.69) is 0 Å². The Hall–Kier alpha value is -3.04. The molecule has 0 unspecified atom stereocenters. The predicted octanol–water partition coefficient (Wildman–Crippen LogP) is 4.34. The number of carbonyl (C=O) groups excluding carboxylic acids is 1. The van der Waals surface area contributed by atoms with E-state index in [0.29, 0.717) is 12.1 Å². The fourth-order valence-corrected chi connectivity index (χ4v) is 5.98. The van der Waals surface area contributed by atoms with Crippen molar-refractivity contribution < 1.29 is 23.1 Å². The van der Waals surface area contributed by atoms with Crippen molar-refractivity contribution in [3.05, 3.63) is 89.5 Å². The molecule has 3 aromatic rings. The lowest BCUT2D eigenvalue weighted by molar-refractivity contribution is -0.0146. The minimum absolute atomic E-state index is 0.113. The third-order valence-corrected chi connectivity index (χ3v) is 9.10. The Kier molecular flexibility index (Phi) is 8.67. The van der Waals surface area contributed by atoms with Crippen LogP contribution in [0.4, 0.5) is 0 Å². The van der Waals surface area contributed by atoms with E-state index < -0.39 is 22.2 Å². The molecule has 0 saturated carbocycles. The van der Waals surface area contributed by atoms with E-state index in [1.54, 1.807) is 36.2 Å². The van der Waals surface area contributed by atoms with Crippen molar-refractivity contribution in [2.75, 3.05) is 26.7 Å². The van der Waals surface area contributed by atoms with Crippen molar-refractivity contribution in [3.8, 4) is 11.1 Å². The van der Waals surface area contributed by atoms with E-state index in [1.807, 2.05) is 69.3 Å². The van der Waals surface area contributed by atoms with Crippen LogP contribution in [0.25, 0.3) is 11.1 Å². The van der Waals surface area contributed by atoms with Crippen LogP contribution < -0.4 is 0 Å². The molecule has 7 nitrogen and oxygen atoms in total. The first kappa shape index (κ1) is 28.0. The summed E-state index contributed by atoms with van der Waals surface area (Å²) >= 11 is 0. The van der Waals surface area contributed by atoms with Gasteiger partial charge in [0.1, 0.15) is 0 Å². The molecule has 1 heterocycles. The number of amides is 1. The summed E-state index contributed by atoms with van der Waals surface area (Å²) in [6.07, 6.45) is -0.504. The Morgan fingerprint density at radius 1 is 1.00 bits per heavy atom. The maximum Gasteiger partial charge on any atom is 0.254 e. The van der Waals surface area contributed by atoms with Gasteiger partial charge in [-0.3, -0.25) is 4.79 Å². The SMILES string of the molecule is Cc1ccc(S(=O)(=O)N(C)C[C@H]2OCc3ccccc3-c3ccccc3C(=O)N([C@@H](C)CO)C[C@@H]2C)cc1. The standard InChI is InChI=1S/C30H36N2O5S/c1-21-13-15-25(16-14-21)38(35,36)31(4)18-29-22(2)17-32(23(3)19-33)30(34)28-12-8-7-11-27(28)26-10-6-5-9-24(26)20-37-29/h5-16,22-23,29,33H,17-20H2,1-4H3/t22-,23-,29+/m0/s1. The summed E-state index contributed by atoms with van der Waals surface area (Å²) in [6.45, 7) is 6.17. The first-order valence-corrected chi connectivity index (χ1v) is 14.3. The number of hydrogen-bond acceptors (Lipinski definition) is 5. The molecule has 0 aliphatic carbocycles. The summed E-state index contributed by atoms with van der Waals surface area (Å²) in [4.78, 5) is 15.8. The maximum atomic E-state index is 13.9. The van der Waals surface area contributed by atoms with Crippen LogP contribution >= 0.6 is 0 Å². The molecule has 4 rings (SSSR count). The lowest BCUT2D eigenvalue weighted by Crippen LogP contribution is -2.47. The zero-order valence-corrected chi connectivity index (χ0v) is 23.2. The maximum absolute atomic E-state index is 13.9. The van der Waals surface area contributed by atoms with Crippen molar-refractivity contribution in [2.24, 2.45) is 5.92 Å². The molecule has 0 bridgehead atoms. The Morgan fingerprint density at radius 2 is 1.61 bits per heavy atom. The Morgan fingerprint density at radius 3 is 2.26 bits per heavy atom. The van der Waals surface area contributed by atoms with Gasteiger partial charge in [0.25, 0.3) is 5.91 Å². The zero-order valence-electron chi connectivity index (χ0n) is 22.4. The van der Waals surface area contributed by atoms with Gasteiger partial charge in [-0.25, -0.2) is 8.42 Å². The minimum atomic E-state index is -3.74. The molecule has 202 valence electrons.